The van der Waals surface area contributed by atoms with Crippen molar-refractivity contribution in [2.24, 2.45) is 29.6 Å². The molecule has 2 bridgehead atoms. The molecule has 6 rings (SSSR count). The van der Waals surface area contributed by atoms with Crippen LogP contribution >= 0.6 is 47.8 Å². The number of fused-ring (bicyclic) bond motifs is 5. The van der Waals surface area contributed by atoms with Gasteiger partial charge < -0.3 is 9.64 Å². The quantitative estimate of drug-likeness (QED) is 0.195. The van der Waals surface area contributed by atoms with Gasteiger partial charge in [-0.25, -0.2) is 4.90 Å². The standard InChI is InChI=1S/C27H23Br3N2O5/c1-12-8-16(37-27(36)13-9-20(33)31(11-13)15-4-2-14(28)3-5-15)6-7-19(12)32-25(34)21-17-10-18(22(21)26(32)35)24(30)23(17)29/h2-8,13,17-18,21-24H,9-11H2,1H3/t13-,17-,18-,21-,22-,23-,24+/m1/s1. The zero-order valence-electron chi connectivity index (χ0n) is 19.8. The molecule has 0 unspecified atom stereocenters. The number of carbonyl (C=O) groups excluding carboxylic acids is 4. The lowest BCUT2D eigenvalue weighted by molar-refractivity contribution is -0.139. The van der Waals surface area contributed by atoms with Crippen LogP contribution in [-0.4, -0.2) is 39.9 Å². The van der Waals surface area contributed by atoms with Crippen molar-refractivity contribution in [1.82, 2.24) is 0 Å². The first-order valence-corrected chi connectivity index (χ1v) is 14.8. The number of carbonyl (C=O) groups is 4. The Labute approximate surface area is 239 Å². The molecule has 2 aliphatic carbocycles. The number of anilines is 2. The average molecular weight is 695 g/mol. The maximum absolute atomic E-state index is 13.4. The summed E-state index contributed by atoms with van der Waals surface area (Å²) >= 11 is 10.8. The largest absolute Gasteiger partial charge is 0.426 e. The molecule has 192 valence electrons. The molecule has 7 nitrogen and oxygen atoms in total. The minimum atomic E-state index is -0.581. The molecule has 4 fully saturated rings. The summed E-state index contributed by atoms with van der Waals surface area (Å²) in [6, 6.07) is 12.3. The van der Waals surface area contributed by atoms with Gasteiger partial charge in [-0.15, -0.1) is 0 Å². The lowest BCUT2D eigenvalue weighted by Gasteiger charge is -2.28. The van der Waals surface area contributed by atoms with E-state index < -0.39 is 11.9 Å². The minimum absolute atomic E-state index is 0.0803. The van der Waals surface area contributed by atoms with Crippen molar-refractivity contribution >= 4 is 82.9 Å². The van der Waals surface area contributed by atoms with Gasteiger partial charge >= 0.3 is 5.97 Å². The van der Waals surface area contributed by atoms with Gasteiger partial charge in [0.1, 0.15) is 5.75 Å². The highest BCUT2D eigenvalue weighted by molar-refractivity contribution is 9.12. The number of rotatable bonds is 4. The summed E-state index contributed by atoms with van der Waals surface area (Å²) in [6.07, 6.45) is 0.959. The van der Waals surface area contributed by atoms with E-state index in [0.717, 1.165) is 16.6 Å². The first-order valence-electron chi connectivity index (χ1n) is 12.2. The Bertz CT molecular complexity index is 1300. The zero-order chi connectivity index (χ0) is 26.2. The molecule has 7 atom stereocenters. The van der Waals surface area contributed by atoms with Crippen LogP contribution in [0.3, 0.4) is 0 Å². The number of imide groups is 1. The molecule has 2 heterocycles. The molecular weight excluding hydrogens is 672 g/mol. The molecule has 0 N–H and O–H groups in total. The summed E-state index contributed by atoms with van der Waals surface area (Å²) in [5.41, 5.74) is 1.93. The molecule has 0 radical (unpaired) electrons. The van der Waals surface area contributed by atoms with Crippen LogP contribution in [0.2, 0.25) is 0 Å². The Kier molecular flexibility index (Phi) is 6.35. The van der Waals surface area contributed by atoms with Crippen LogP contribution in [0.5, 0.6) is 5.75 Å². The lowest BCUT2D eigenvalue weighted by Crippen LogP contribution is -2.37. The third kappa shape index (κ3) is 4.01. The molecule has 37 heavy (non-hydrogen) atoms. The average Bonchev–Trinajstić information content (AvgIpc) is 3.58. The van der Waals surface area contributed by atoms with Gasteiger partial charge in [0.05, 0.1) is 23.4 Å². The number of aryl methyl sites for hydroxylation is 1. The maximum Gasteiger partial charge on any atom is 0.316 e. The number of esters is 1. The number of hydrogen-bond donors (Lipinski definition) is 0. The van der Waals surface area contributed by atoms with Crippen molar-refractivity contribution in [3.63, 3.8) is 0 Å². The predicted molar refractivity (Wildman–Crippen MR) is 148 cm³/mol. The van der Waals surface area contributed by atoms with Crippen LogP contribution in [0, 0.1) is 36.5 Å². The molecule has 10 heteroatoms. The van der Waals surface area contributed by atoms with Crippen LogP contribution in [-0.2, 0) is 19.2 Å². The lowest BCUT2D eigenvalue weighted by atomic mass is 9.81. The van der Waals surface area contributed by atoms with Crippen molar-refractivity contribution in [2.75, 3.05) is 16.3 Å². The number of amides is 3. The van der Waals surface area contributed by atoms with Crippen molar-refractivity contribution in [1.29, 1.82) is 0 Å². The van der Waals surface area contributed by atoms with E-state index in [4.69, 9.17) is 4.74 Å². The molecule has 4 aliphatic rings. The molecule has 2 saturated carbocycles. The summed E-state index contributed by atoms with van der Waals surface area (Å²) in [5.74, 6) is -1.44. The fraction of sp³-hybridized carbons (Fsp3) is 0.407. The zero-order valence-corrected chi connectivity index (χ0v) is 24.5. The highest BCUT2D eigenvalue weighted by Crippen LogP contribution is 2.60. The van der Waals surface area contributed by atoms with Crippen molar-refractivity contribution < 1.29 is 23.9 Å². The molecule has 0 spiro atoms. The Morgan fingerprint density at radius 2 is 1.57 bits per heavy atom. The summed E-state index contributed by atoms with van der Waals surface area (Å²) in [4.78, 5) is 55.4. The molecule has 3 amide bonds. The molecule has 0 aromatic heterocycles. The monoisotopic (exact) mass is 692 g/mol. The van der Waals surface area contributed by atoms with Gasteiger partial charge in [0.2, 0.25) is 17.7 Å². The summed E-state index contributed by atoms with van der Waals surface area (Å²) in [7, 11) is 0. The Balaban J connectivity index is 1.16. The summed E-state index contributed by atoms with van der Waals surface area (Å²) < 4.78 is 6.53. The van der Waals surface area contributed by atoms with Crippen LogP contribution in [0.25, 0.3) is 0 Å². The van der Waals surface area contributed by atoms with Crippen molar-refractivity contribution in [3.8, 4) is 5.75 Å². The summed E-state index contributed by atoms with van der Waals surface area (Å²) in [6.45, 7) is 2.05. The molecule has 2 aromatic carbocycles. The van der Waals surface area contributed by atoms with E-state index in [1.807, 2.05) is 24.3 Å². The maximum atomic E-state index is 13.4. The van der Waals surface area contributed by atoms with E-state index in [-0.39, 0.29) is 64.0 Å². The van der Waals surface area contributed by atoms with Crippen LogP contribution in [0.15, 0.2) is 46.9 Å². The highest BCUT2D eigenvalue weighted by atomic mass is 79.9. The smallest absolute Gasteiger partial charge is 0.316 e. The molecule has 2 aromatic rings. The number of benzene rings is 2. The van der Waals surface area contributed by atoms with Crippen LogP contribution in [0.4, 0.5) is 11.4 Å². The first kappa shape index (κ1) is 25.2. The van der Waals surface area contributed by atoms with Gasteiger partial charge in [-0.05, 0) is 73.2 Å². The number of halogens is 3. The second-order valence-electron chi connectivity index (χ2n) is 10.3. The Morgan fingerprint density at radius 1 is 0.946 bits per heavy atom. The van der Waals surface area contributed by atoms with Gasteiger partial charge in [-0.3, -0.25) is 19.2 Å². The summed E-state index contributed by atoms with van der Waals surface area (Å²) in [5, 5.41) is 0. The molecular formula is C27H23Br3N2O5. The molecule has 2 saturated heterocycles. The van der Waals surface area contributed by atoms with Crippen LogP contribution < -0.4 is 14.5 Å². The highest BCUT2D eigenvalue weighted by Gasteiger charge is 2.66. The van der Waals surface area contributed by atoms with E-state index in [2.05, 4.69) is 47.8 Å². The van der Waals surface area contributed by atoms with Gasteiger partial charge in [0.15, 0.2) is 0 Å². The van der Waals surface area contributed by atoms with Gasteiger partial charge in [-0.2, -0.15) is 0 Å². The second-order valence-corrected chi connectivity index (χ2v) is 13.3. The van der Waals surface area contributed by atoms with Gasteiger partial charge in [-0.1, -0.05) is 47.8 Å². The Morgan fingerprint density at radius 3 is 2.16 bits per heavy atom. The third-order valence-electron chi connectivity index (χ3n) is 8.21. The normalized spacial score (nSPS) is 32.4. The van der Waals surface area contributed by atoms with E-state index in [1.54, 1.807) is 30.0 Å². The Hall–Kier alpha value is -2.04. The molecule has 2 aliphatic heterocycles. The number of alkyl halides is 2. The first-order chi connectivity index (χ1) is 17.7. The van der Waals surface area contributed by atoms with E-state index >= 15 is 0 Å². The van der Waals surface area contributed by atoms with Gasteiger partial charge in [0.25, 0.3) is 0 Å². The van der Waals surface area contributed by atoms with Crippen molar-refractivity contribution in [2.45, 2.75) is 29.4 Å². The van der Waals surface area contributed by atoms with E-state index in [1.165, 1.54) is 4.90 Å². The minimum Gasteiger partial charge on any atom is -0.426 e. The van der Waals surface area contributed by atoms with Crippen LogP contribution in [0.1, 0.15) is 18.4 Å². The fourth-order valence-corrected chi connectivity index (χ4v) is 8.60. The number of nitrogens with zero attached hydrogens (tertiary/aromatic N) is 2. The SMILES string of the molecule is Cc1cc(OC(=O)[C@@H]2CC(=O)N(c3ccc(Br)cc3)C2)ccc1N1C(=O)[C@@H]2[C@H]3C[C@@H]([C@@H](Br)[C@H]3Br)[C@H]2C1=O. The van der Waals surface area contributed by atoms with E-state index in [0.29, 0.717) is 17.0 Å². The predicted octanol–water partition coefficient (Wildman–Crippen LogP) is 5.00. The fourth-order valence-electron chi connectivity index (χ4n) is 6.46. The topological polar surface area (TPSA) is 84.0 Å². The third-order valence-corrected chi connectivity index (χ3v) is 11.9. The van der Waals surface area contributed by atoms with Gasteiger partial charge in [0, 0.05) is 32.8 Å². The number of hydrogen-bond acceptors (Lipinski definition) is 5. The van der Waals surface area contributed by atoms with Crippen molar-refractivity contribution in [3.05, 3.63) is 52.5 Å². The van der Waals surface area contributed by atoms with E-state index in [9.17, 15) is 19.2 Å². The second kappa shape index (κ2) is 9.31. The number of ether oxygens (including phenoxy) is 1.